The van der Waals surface area contributed by atoms with Crippen molar-refractivity contribution >= 4 is 0 Å². The van der Waals surface area contributed by atoms with Gasteiger partial charge in [-0.15, -0.1) is 0 Å². The van der Waals surface area contributed by atoms with E-state index in [1.807, 2.05) is 114 Å². The first-order valence-corrected chi connectivity index (χ1v) is 11.2. The summed E-state index contributed by atoms with van der Waals surface area (Å²) >= 11 is 0. The fraction of sp³-hybridized carbons (Fsp3) is 0.250. The zero-order valence-corrected chi connectivity index (χ0v) is 19.9. The van der Waals surface area contributed by atoms with Crippen LogP contribution in [0, 0.1) is 6.92 Å². The van der Waals surface area contributed by atoms with Crippen LogP contribution in [0.25, 0.3) is 34.2 Å². The van der Waals surface area contributed by atoms with Crippen LogP contribution in [0.15, 0.2) is 84.9 Å². The molecule has 0 N–H and O–H groups in total. The maximum Gasteiger partial charge on any atom is 0.164 e. The molecule has 1 aromatic heterocycles. The lowest BCUT2D eigenvalue weighted by Gasteiger charge is -2.08. The minimum absolute atomic E-state index is 0.685. The number of hydrogen-bond donors (Lipinski definition) is 0. The van der Waals surface area contributed by atoms with E-state index in [4.69, 9.17) is 15.0 Å². The molecule has 0 unspecified atom stereocenters. The van der Waals surface area contributed by atoms with E-state index < -0.39 is 0 Å². The van der Waals surface area contributed by atoms with Crippen molar-refractivity contribution in [2.75, 3.05) is 0 Å². The summed E-state index contributed by atoms with van der Waals surface area (Å²) < 4.78 is 0. The molecule has 3 heteroatoms. The highest BCUT2D eigenvalue weighted by Gasteiger charge is 2.11. The molecule has 3 aromatic carbocycles. The van der Waals surface area contributed by atoms with Crippen molar-refractivity contribution < 1.29 is 0 Å². The van der Waals surface area contributed by atoms with Gasteiger partial charge in [-0.25, -0.2) is 15.0 Å². The average molecular weight is 414 g/mol. The first-order valence-electron chi connectivity index (χ1n) is 11.2. The maximum absolute atomic E-state index is 4.71. The lowest BCUT2D eigenvalue weighted by Crippen LogP contribution is -2.00. The van der Waals surface area contributed by atoms with E-state index >= 15 is 0 Å². The van der Waals surface area contributed by atoms with Crippen molar-refractivity contribution in [2.24, 2.45) is 0 Å². The molecule has 31 heavy (non-hydrogen) atoms. The first-order chi connectivity index (χ1) is 15.3. The largest absolute Gasteiger partial charge is 0.208 e. The van der Waals surface area contributed by atoms with E-state index in [1.54, 1.807) is 0 Å². The fourth-order valence-electron chi connectivity index (χ4n) is 2.64. The van der Waals surface area contributed by atoms with Gasteiger partial charge in [0.05, 0.1) is 0 Å². The Morgan fingerprint density at radius 1 is 0.387 bits per heavy atom. The van der Waals surface area contributed by atoms with E-state index in [2.05, 4.69) is 19.1 Å². The van der Waals surface area contributed by atoms with E-state index in [-0.39, 0.29) is 0 Å². The third kappa shape index (κ3) is 7.45. The van der Waals surface area contributed by atoms with Gasteiger partial charge in [0.1, 0.15) is 0 Å². The number of rotatable bonds is 3. The van der Waals surface area contributed by atoms with Crippen molar-refractivity contribution in [2.45, 2.75) is 48.5 Å². The van der Waals surface area contributed by atoms with Gasteiger partial charge >= 0.3 is 0 Å². The Labute approximate surface area is 188 Å². The van der Waals surface area contributed by atoms with Crippen LogP contribution in [0.1, 0.15) is 47.1 Å². The van der Waals surface area contributed by atoms with Gasteiger partial charge in [-0.1, -0.05) is 132 Å². The van der Waals surface area contributed by atoms with Crippen molar-refractivity contribution in [3.05, 3.63) is 90.5 Å². The van der Waals surface area contributed by atoms with Crippen molar-refractivity contribution in [3.8, 4) is 34.2 Å². The second-order valence-corrected chi connectivity index (χ2v) is 5.90. The van der Waals surface area contributed by atoms with Crippen molar-refractivity contribution in [1.82, 2.24) is 15.0 Å². The average Bonchev–Trinajstić information content (AvgIpc) is 2.89. The minimum atomic E-state index is 0.685. The number of aryl methyl sites for hydroxylation is 1. The molecule has 0 spiro atoms. The second kappa shape index (κ2) is 14.6. The molecule has 0 aliphatic heterocycles. The van der Waals surface area contributed by atoms with Crippen LogP contribution < -0.4 is 0 Å². The molecule has 0 saturated carbocycles. The molecule has 0 fully saturated rings. The molecule has 0 aliphatic carbocycles. The van der Waals surface area contributed by atoms with Crippen molar-refractivity contribution in [3.63, 3.8) is 0 Å². The Morgan fingerprint density at radius 2 is 0.677 bits per heavy atom. The topological polar surface area (TPSA) is 38.7 Å². The molecule has 3 nitrogen and oxygen atoms in total. The summed E-state index contributed by atoms with van der Waals surface area (Å²) in [6.07, 6.45) is 0. The van der Waals surface area contributed by atoms with E-state index in [1.165, 1.54) is 5.56 Å². The summed E-state index contributed by atoms with van der Waals surface area (Å²) in [7, 11) is 0. The van der Waals surface area contributed by atoms with Gasteiger partial charge in [-0.3, -0.25) is 0 Å². The summed E-state index contributed by atoms with van der Waals surface area (Å²) in [5.74, 6) is 2.06. The van der Waals surface area contributed by atoms with Gasteiger partial charge < -0.3 is 0 Å². The highest BCUT2D eigenvalue weighted by atomic mass is 15.0. The number of aromatic nitrogens is 3. The number of nitrogens with zero attached hydrogens (tertiary/aromatic N) is 3. The molecular weight excluding hydrogens is 378 g/mol. The molecule has 1 heterocycles. The van der Waals surface area contributed by atoms with Gasteiger partial charge in [0.15, 0.2) is 17.5 Å². The highest BCUT2D eigenvalue weighted by Crippen LogP contribution is 2.24. The summed E-state index contributed by atoms with van der Waals surface area (Å²) in [6.45, 7) is 14.1. The van der Waals surface area contributed by atoms with Crippen LogP contribution >= 0.6 is 0 Å². The Balaban J connectivity index is 0.000000739. The van der Waals surface area contributed by atoms with Crippen LogP contribution in [0.4, 0.5) is 0 Å². The van der Waals surface area contributed by atoms with Gasteiger partial charge in [0.2, 0.25) is 0 Å². The molecule has 0 radical (unpaired) electrons. The summed E-state index contributed by atoms with van der Waals surface area (Å²) in [5.41, 5.74) is 4.16. The lowest BCUT2D eigenvalue weighted by atomic mass is 10.1. The van der Waals surface area contributed by atoms with Gasteiger partial charge in [0, 0.05) is 16.7 Å². The summed E-state index contributed by atoms with van der Waals surface area (Å²) in [5, 5.41) is 0. The lowest BCUT2D eigenvalue weighted by molar-refractivity contribution is 1.07. The predicted molar refractivity (Wildman–Crippen MR) is 135 cm³/mol. The maximum atomic E-state index is 4.71. The minimum Gasteiger partial charge on any atom is -0.208 e. The molecule has 0 aliphatic rings. The smallest absolute Gasteiger partial charge is 0.164 e. The second-order valence-electron chi connectivity index (χ2n) is 5.90. The molecule has 0 saturated heterocycles. The standard InChI is InChI=1S/C22H17N3.3C2H6/c1-16-12-14-19(15-13-16)22-24-20(17-8-4-2-5-9-17)23-21(25-22)18-10-6-3-7-11-18;3*1-2/h2-15H,1H3;3*1-2H3. The molecule has 4 rings (SSSR count). The molecule has 4 aromatic rings. The SMILES string of the molecule is CC.CC.CC.Cc1ccc(-c2nc(-c3ccccc3)nc(-c3ccccc3)n2)cc1. The normalized spacial score (nSPS) is 9.13. The molecular formula is C28H35N3. The van der Waals surface area contributed by atoms with Crippen LogP contribution in [0.5, 0.6) is 0 Å². The van der Waals surface area contributed by atoms with Gasteiger partial charge in [-0.2, -0.15) is 0 Å². The zero-order valence-electron chi connectivity index (χ0n) is 19.9. The van der Waals surface area contributed by atoms with Crippen LogP contribution in [-0.4, -0.2) is 15.0 Å². The number of hydrogen-bond acceptors (Lipinski definition) is 3. The first kappa shape index (κ1) is 25.7. The van der Waals surface area contributed by atoms with Crippen LogP contribution in [0.3, 0.4) is 0 Å². The third-order valence-electron chi connectivity index (χ3n) is 4.01. The molecule has 0 bridgehead atoms. The monoisotopic (exact) mass is 413 g/mol. The predicted octanol–water partition coefficient (Wildman–Crippen LogP) is 8.26. The Morgan fingerprint density at radius 3 is 1.00 bits per heavy atom. The van der Waals surface area contributed by atoms with Gasteiger partial charge in [-0.05, 0) is 6.92 Å². The van der Waals surface area contributed by atoms with E-state index in [0.29, 0.717) is 17.5 Å². The molecule has 0 atom stereocenters. The van der Waals surface area contributed by atoms with Gasteiger partial charge in [0.25, 0.3) is 0 Å². The quantitative estimate of drug-likeness (QED) is 0.339. The van der Waals surface area contributed by atoms with Crippen molar-refractivity contribution in [1.29, 1.82) is 0 Å². The molecule has 162 valence electrons. The van der Waals surface area contributed by atoms with Crippen LogP contribution in [0.2, 0.25) is 0 Å². The zero-order chi connectivity index (χ0) is 23.1. The van der Waals surface area contributed by atoms with E-state index in [9.17, 15) is 0 Å². The Bertz CT molecular complexity index is 922. The highest BCUT2D eigenvalue weighted by molar-refractivity contribution is 5.66. The summed E-state index contributed by atoms with van der Waals surface area (Å²) in [4.78, 5) is 14.1. The Kier molecular flexibility index (Phi) is 12.1. The third-order valence-corrected chi connectivity index (χ3v) is 4.01. The fourth-order valence-corrected chi connectivity index (χ4v) is 2.64. The Hall–Kier alpha value is -3.33. The number of benzene rings is 3. The molecule has 0 amide bonds. The summed E-state index contributed by atoms with van der Waals surface area (Å²) in [6, 6.07) is 28.3. The van der Waals surface area contributed by atoms with Crippen LogP contribution in [-0.2, 0) is 0 Å². The van der Waals surface area contributed by atoms with E-state index in [0.717, 1.165) is 16.7 Å².